The van der Waals surface area contributed by atoms with Crippen LogP contribution in [0.2, 0.25) is 0 Å². The van der Waals surface area contributed by atoms with E-state index in [0.29, 0.717) is 6.42 Å². The molecule has 0 saturated heterocycles. The minimum absolute atomic E-state index is 0.165. The summed E-state index contributed by atoms with van der Waals surface area (Å²) in [6.07, 6.45) is 1.43. The lowest BCUT2D eigenvalue weighted by Crippen LogP contribution is -2.07. The Bertz CT molecular complexity index is 659. The van der Waals surface area contributed by atoms with Crippen LogP contribution < -0.4 is 9.47 Å². The van der Waals surface area contributed by atoms with Gasteiger partial charge in [0.1, 0.15) is 11.5 Å². The number of hydrogen-bond acceptors (Lipinski definition) is 3. The SMILES string of the molecule is CCC(CC(=O)c1ccc(OC)c(C)c1)c1ccc(OC)cc1. The lowest BCUT2D eigenvalue weighted by Gasteiger charge is -2.15. The molecule has 0 radical (unpaired) electrons. The van der Waals surface area contributed by atoms with Crippen LogP contribution in [0, 0.1) is 6.92 Å². The summed E-state index contributed by atoms with van der Waals surface area (Å²) in [6, 6.07) is 13.6. The molecular weight excluding hydrogens is 288 g/mol. The van der Waals surface area contributed by atoms with Crippen LogP contribution in [0.25, 0.3) is 0 Å². The van der Waals surface area contributed by atoms with Gasteiger partial charge in [0.05, 0.1) is 14.2 Å². The molecule has 0 N–H and O–H groups in total. The second kappa shape index (κ2) is 7.82. The van der Waals surface area contributed by atoms with Crippen molar-refractivity contribution in [2.75, 3.05) is 14.2 Å². The van der Waals surface area contributed by atoms with Crippen LogP contribution in [0.3, 0.4) is 0 Å². The van der Waals surface area contributed by atoms with Gasteiger partial charge in [-0.1, -0.05) is 19.1 Å². The fourth-order valence-electron chi connectivity index (χ4n) is 2.77. The summed E-state index contributed by atoms with van der Waals surface area (Å²) in [5, 5.41) is 0. The first-order valence-electron chi connectivity index (χ1n) is 7.90. The second-order valence-corrected chi connectivity index (χ2v) is 5.69. The third kappa shape index (κ3) is 4.13. The van der Waals surface area contributed by atoms with Crippen LogP contribution in [0.15, 0.2) is 42.5 Å². The molecule has 3 heteroatoms. The van der Waals surface area contributed by atoms with E-state index in [0.717, 1.165) is 29.0 Å². The number of aryl methyl sites for hydroxylation is 1. The number of carbonyl (C=O) groups is 1. The number of ether oxygens (including phenoxy) is 2. The normalized spacial score (nSPS) is 11.8. The highest BCUT2D eigenvalue weighted by Gasteiger charge is 2.16. The Morgan fingerprint density at radius 3 is 2.26 bits per heavy atom. The first-order chi connectivity index (χ1) is 11.1. The smallest absolute Gasteiger partial charge is 0.163 e. The molecule has 0 aliphatic rings. The summed E-state index contributed by atoms with van der Waals surface area (Å²) in [4.78, 5) is 12.6. The maximum absolute atomic E-state index is 12.6. The molecule has 2 rings (SSSR count). The van der Waals surface area contributed by atoms with Gasteiger partial charge >= 0.3 is 0 Å². The molecule has 0 amide bonds. The van der Waals surface area contributed by atoms with E-state index in [1.165, 1.54) is 5.56 Å². The van der Waals surface area contributed by atoms with Crippen LogP contribution >= 0.6 is 0 Å². The number of hydrogen-bond donors (Lipinski definition) is 0. The summed E-state index contributed by atoms with van der Waals surface area (Å²) in [5.41, 5.74) is 2.90. The molecule has 0 fully saturated rings. The summed E-state index contributed by atoms with van der Waals surface area (Å²) in [5.74, 6) is 2.03. The number of rotatable bonds is 7. The van der Waals surface area contributed by atoms with Crippen molar-refractivity contribution in [3.8, 4) is 11.5 Å². The molecule has 122 valence electrons. The maximum Gasteiger partial charge on any atom is 0.163 e. The zero-order valence-corrected chi connectivity index (χ0v) is 14.3. The molecule has 0 aromatic heterocycles. The largest absolute Gasteiger partial charge is 0.497 e. The Morgan fingerprint density at radius 2 is 1.74 bits per heavy atom. The van der Waals surface area contributed by atoms with E-state index < -0.39 is 0 Å². The van der Waals surface area contributed by atoms with Crippen molar-refractivity contribution in [1.29, 1.82) is 0 Å². The lowest BCUT2D eigenvalue weighted by atomic mass is 9.89. The molecule has 2 aromatic carbocycles. The van der Waals surface area contributed by atoms with E-state index in [4.69, 9.17) is 9.47 Å². The Balaban J connectivity index is 2.14. The minimum Gasteiger partial charge on any atom is -0.497 e. The highest BCUT2D eigenvalue weighted by Crippen LogP contribution is 2.28. The first-order valence-corrected chi connectivity index (χ1v) is 7.90. The number of benzene rings is 2. The van der Waals surface area contributed by atoms with Crippen LogP contribution in [-0.4, -0.2) is 20.0 Å². The van der Waals surface area contributed by atoms with Crippen molar-refractivity contribution in [3.63, 3.8) is 0 Å². The molecule has 0 saturated carbocycles. The van der Waals surface area contributed by atoms with Crippen molar-refractivity contribution in [2.24, 2.45) is 0 Å². The van der Waals surface area contributed by atoms with Crippen molar-refractivity contribution in [3.05, 3.63) is 59.2 Å². The number of carbonyl (C=O) groups excluding carboxylic acids is 1. The molecule has 0 heterocycles. The van der Waals surface area contributed by atoms with Crippen molar-refractivity contribution in [2.45, 2.75) is 32.6 Å². The molecule has 1 atom stereocenters. The molecule has 3 nitrogen and oxygen atoms in total. The van der Waals surface area contributed by atoms with Gasteiger partial charge in [0.15, 0.2) is 5.78 Å². The Morgan fingerprint density at radius 1 is 1.04 bits per heavy atom. The zero-order valence-electron chi connectivity index (χ0n) is 14.3. The standard InChI is InChI=1S/C20H24O3/c1-5-15(16-6-9-18(22-3)10-7-16)13-19(21)17-8-11-20(23-4)14(2)12-17/h6-12,15H,5,13H2,1-4H3. The molecule has 0 spiro atoms. The van der Waals surface area contributed by atoms with Crippen LogP contribution in [0.4, 0.5) is 0 Å². The maximum atomic E-state index is 12.6. The van der Waals surface area contributed by atoms with Crippen LogP contribution in [-0.2, 0) is 0 Å². The van der Waals surface area contributed by atoms with E-state index in [1.807, 2.05) is 49.4 Å². The second-order valence-electron chi connectivity index (χ2n) is 5.69. The molecule has 0 aliphatic heterocycles. The topological polar surface area (TPSA) is 35.5 Å². The van der Waals surface area contributed by atoms with Crippen molar-refractivity contribution >= 4 is 5.78 Å². The van der Waals surface area contributed by atoms with Crippen molar-refractivity contribution < 1.29 is 14.3 Å². The van der Waals surface area contributed by atoms with Gasteiger partial charge in [-0.25, -0.2) is 0 Å². The Labute approximate surface area is 138 Å². The van der Waals surface area contributed by atoms with Crippen molar-refractivity contribution in [1.82, 2.24) is 0 Å². The number of ketones is 1. The summed E-state index contributed by atoms with van der Waals surface area (Å²) >= 11 is 0. The highest BCUT2D eigenvalue weighted by atomic mass is 16.5. The zero-order chi connectivity index (χ0) is 16.8. The van der Waals surface area contributed by atoms with Gasteiger partial charge in [0.25, 0.3) is 0 Å². The molecule has 0 aliphatic carbocycles. The Hall–Kier alpha value is -2.29. The van der Waals surface area contributed by atoms with E-state index in [9.17, 15) is 4.79 Å². The summed E-state index contributed by atoms with van der Waals surface area (Å²) in [6.45, 7) is 4.07. The monoisotopic (exact) mass is 312 g/mol. The van der Waals surface area contributed by atoms with E-state index in [2.05, 4.69) is 6.92 Å². The average Bonchev–Trinajstić information content (AvgIpc) is 2.59. The van der Waals surface area contributed by atoms with Gasteiger partial charge < -0.3 is 9.47 Å². The number of methoxy groups -OCH3 is 2. The summed E-state index contributed by atoms with van der Waals surface area (Å²) in [7, 11) is 3.29. The Kier molecular flexibility index (Phi) is 5.80. The van der Waals surface area contributed by atoms with E-state index in [1.54, 1.807) is 14.2 Å². The highest BCUT2D eigenvalue weighted by molar-refractivity contribution is 5.96. The predicted molar refractivity (Wildman–Crippen MR) is 92.7 cm³/mol. The van der Waals surface area contributed by atoms with E-state index >= 15 is 0 Å². The third-order valence-electron chi connectivity index (χ3n) is 4.23. The molecule has 1 unspecified atom stereocenters. The van der Waals surface area contributed by atoms with E-state index in [-0.39, 0.29) is 11.7 Å². The molecule has 23 heavy (non-hydrogen) atoms. The van der Waals surface area contributed by atoms with Gasteiger partial charge in [0.2, 0.25) is 0 Å². The fourth-order valence-corrected chi connectivity index (χ4v) is 2.77. The average molecular weight is 312 g/mol. The van der Waals surface area contributed by atoms with Gasteiger partial charge in [-0.2, -0.15) is 0 Å². The molecular formula is C20H24O3. The fraction of sp³-hybridized carbons (Fsp3) is 0.350. The van der Waals surface area contributed by atoms with Gasteiger partial charge in [0, 0.05) is 12.0 Å². The molecule has 2 aromatic rings. The van der Waals surface area contributed by atoms with Crippen LogP contribution in [0.5, 0.6) is 11.5 Å². The number of Topliss-reactive ketones (excluding diaryl/α,β-unsaturated/α-hetero) is 1. The third-order valence-corrected chi connectivity index (χ3v) is 4.23. The quantitative estimate of drug-likeness (QED) is 0.690. The molecule has 0 bridgehead atoms. The lowest BCUT2D eigenvalue weighted by molar-refractivity contribution is 0.0972. The van der Waals surface area contributed by atoms with Gasteiger partial charge in [-0.15, -0.1) is 0 Å². The van der Waals surface area contributed by atoms with Gasteiger partial charge in [-0.05, 0) is 60.7 Å². The minimum atomic E-state index is 0.165. The van der Waals surface area contributed by atoms with Gasteiger partial charge in [-0.3, -0.25) is 4.79 Å². The van der Waals surface area contributed by atoms with Crippen LogP contribution in [0.1, 0.15) is 47.2 Å². The first kappa shape index (κ1) is 17.1. The summed E-state index contributed by atoms with van der Waals surface area (Å²) < 4.78 is 10.4. The predicted octanol–water partition coefficient (Wildman–Crippen LogP) is 4.78.